The molecule has 0 spiro atoms. The third-order valence-corrected chi connectivity index (χ3v) is 7.69. The molecule has 156 valence electrons. The van der Waals surface area contributed by atoms with Gasteiger partial charge in [0.25, 0.3) is 5.91 Å². The van der Waals surface area contributed by atoms with Gasteiger partial charge in [-0.25, -0.2) is 8.42 Å². The lowest BCUT2D eigenvalue weighted by atomic mass is 10.1. The highest BCUT2D eigenvalue weighted by Gasteiger charge is 2.30. The van der Waals surface area contributed by atoms with Crippen molar-refractivity contribution in [2.24, 2.45) is 0 Å². The molecule has 1 N–H and O–H groups in total. The van der Waals surface area contributed by atoms with Gasteiger partial charge in [0.1, 0.15) is 4.90 Å². The first kappa shape index (κ1) is 20.8. The number of halogens is 1. The van der Waals surface area contributed by atoms with Gasteiger partial charge in [-0.05, 0) is 36.7 Å². The Morgan fingerprint density at radius 3 is 2.43 bits per heavy atom. The number of hydrogen-bond donors (Lipinski definition) is 1. The first-order chi connectivity index (χ1) is 14.4. The van der Waals surface area contributed by atoms with Crippen molar-refractivity contribution in [3.05, 3.63) is 71.2 Å². The Hall–Kier alpha value is -2.45. The molecule has 8 heteroatoms. The standard InChI is InChI=1S/C22H22ClN3O3S/c1-25-11-13-26(14-12-25)30(28,29)21-15-17(9-10-19(21)23)22(27)24-20-8-4-6-16-5-2-3-7-18(16)20/h2-10,15H,11-14H2,1H3,(H,24,27). The lowest BCUT2D eigenvalue weighted by Crippen LogP contribution is -2.47. The number of benzene rings is 3. The summed E-state index contributed by atoms with van der Waals surface area (Å²) in [7, 11) is -1.83. The second-order valence-corrected chi connectivity index (χ2v) is 9.65. The lowest BCUT2D eigenvalue weighted by molar-refractivity contribution is 0.102. The predicted molar refractivity (Wildman–Crippen MR) is 120 cm³/mol. The number of piperazine rings is 1. The van der Waals surface area contributed by atoms with E-state index in [4.69, 9.17) is 11.6 Å². The van der Waals surface area contributed by atoms with Crippen LogP contribution in [0.4, 0.5) is 5.69 Å². The molecule has 0 atom stereocenters. The van der Waals surface area contributed by atoms with E-state index in [0.717, 1.165) is 10.8 Å². The Bertz CT molecular complexity index is 1200. The maximum Gasteiger partial charge on any atom is 0.255 e. The van der Waals surface area contributed by atoms with Gasteiger partial charge in [-0.1, -0.05) is 48.0 Å². The molecule has 0 bridgehead atoms. The number of sulfonamides is 1. The largest absolute Gasteiger partial charge is 0.321 e. The number of likely N-dealkylation sites (N-methyl/N-ethyl adjacent to an activating group) is 1. The molecule has 1 aliphatic heterocycles. The summed E-state index contributed by atoms with van der Waals surface area (Å²) in [4.78, 5) is 14.9. The van der Waals surface area contributed by atoms with Crippen LogP contribution in [0, 0.1) is 0 Å². The summed E-state index contributed by atoms with van der Waals surface area (Å²) in [6.45, 7) is 2.08. The van der Waals surface area contributed by atoms with E-state index in [-0.39, 0.29) is 15.5 Å². The van der Waals surface area contributed by atoms with Crippen LogP contribution in [0.25, 0.3) is 10.8 Å². The Morgan fingerprint density at radius 2 is 1.67 bits per heavy atom. The molecule has 1 heterocycles. The summed E-state index contributed by atoms with van der Waals surface area (Å²) in [6, 6.07) is 17.7. The van der Waals surface area contributed by atoms with Crippen LogP contribution in [-0.2, 0) is 10.0 Å². The second-order valence-electron chi connectivity index (χ2n) is 7.33. The van der Waals surface area contributed by atoms with E-state index < -0.39 is 15.9 Å². The van der Waals surface area contributed by atoms with Crippen molar-refractivity contribution in [1.82, 2.24) is 9.21 Å². The topological polar surface area (TPSA) is 69.7 Å². The number of carbonyl (C=O) groups excluding carboxylic acids is 1. The summed E-state index contributed by atoms with van der Waals surface area (Å²) in [5.74, 6) is -0.391. The first-order valence-corrected chi connectivity index (χ1v) is 11.5. The van der Waals surface area contributed by atoms with Gasteiger partial charge in [0, 0.05) is 42.8 Å². The highest BCUT2D eigenvalue weighted by molar-refractivity contribution is 7.89. The molecule has 30 heavy (non-hydrogen) atoms. The summed E-state index contributed by atoms with van der Waals surface area (Å²) in [5, 5.41) is 4.91. The Morgan fingerprint density at radius 1 is 0.967 bits per heavy atom. The molecule has 0 unspecified atom stereocenters. The first-order valence-electron chi connectivity index (χ1n) is 9.63. The zero-order chi connectivity index (χ0) is 21.3. The normalized spacial score (nSPS) is 15.9. The SMILES string of the molecule is CN1CCN(S(=O)(=O)c2cc(C(=O)Nc3cccc4ccccc34)ccc2Cl)CC1. The van der Waals surface area contributed by atoms with Gasteiger partial charge in [-0.3, -0.25) is 4.79 Å². The molecule has 1 saturated heterocycles. The number of anilines is 1. The van der Waals surface area contributed by atoms with Crippen molar-refractivity contribution < 1.29 is 13.2 Å². The van der Waals surface area contributed by atoms with Gasteiger partial charge < -0.3 is 10.2 Å². The quantitative estimate of drug-likeness (QED) is 0.667. The molecule has 1 fully saturated rings. The average molecular weight is 444 g/mol. The van der Waals surface area contributed by atoms with Crippen LogP contribution in [0.1, 0.15) is 10.4 Å². The van der Waals surface area contributed by atoms with Crippen LogP contribution in [-0.4, -0.2) is 56.8 Å². The zero-order valence-corrected chi connectivity index (χ0v) is 18.1. The van der Waals surface area contributed by atoms with Crippen LogP contribution in [0.2, 0.25) is 5.02 Å². The fraction of sp³-hybridized carbons (Fsp3) is 0.227. The molecule has 3 aromatic carbocycles. The number of nitrogens with zero attached hydrogens (tertiary/aromatic N) is 2. The van der Waals surface area contributed by atoms with Crippen LogP contribution < -0.4 is 5.32 Å². The predicted octanol–water partition coefficient (Wildman–Crippen LogP) is 3.68. The van der Waals surface area contributed by atoms with Crippen LogP contribution in [0.5, 0.6) is 0 Å². The molecule has 1 amide bonds. The molecule has 0 saturated carbocycles. The monoisotopic (exact) mass is 443 g/mol. The number of hydrogen-bond acceptors (Lipinski definition) is 4. The Balaban J connectivity index is 1.63. The van der Waals surface area contributed by atoms with E-state index in [1.807, 2.05) is 49.5 Å². The van der Waals surface area contributed by atoms with Crippen LogP contribution in [0.3, 0.4) is 0 Å². The van der Waals surface area contributed by atoms with Crippen molar-refractivity contribution in [2.75, 3.05) is 38.5 Å². The van der Waals surface area contributed by atoms with Gasteiger partial charge in [0.2, 0.25) is 10.0 Å². The number of nitrogens with one attached hydrogen (secondary N) is 1. The van der Waals surface area contributed by atoms with Crippen molar-refractivity contribution in [3.63, 3.8) is 0 Å². The third kappa shape index (κ3) is 4.06. The van der Waals surface area contributed by atoms with E-state index >= 15 is 0 Å². The molecule has 0 aliphatic carbocycles. The highest BCUT2D eigenvalue weighted by Crippen LogP contribution is 2.28. The number of carbonyl (C=O) groups is 1. The van der Waals surface area contributed by atoms with Gasteiger partial charge in [-0.15, -0.1) is 0 Å². The molecule has 3 aromatic rings. The number of rotatable bonds is 4. The fourth-order valence-corrected chi connectivity index (χ4v) is 5.46. The second kappa shape index (κ2) is 8.35. The van der Waals surface area contributed by atoms with Crippen molar-refractivity contribution in [1.29, 1.82) is 0 Å². The maximum atomic E-state index is 13.1. The minimum atomic E-state index is -3.78. The fourth-order valence-electron chi connectivity index (χ4n) is 3.54. The molecule has 0 aromatic heterocycles. The average Bonchev–Trinajstić information content (AvgIpc) is 2.74. The maximum absolute atomic E-state index is 13.1. The summed E-state index contributed by atoms with van der Waals surface area (Å²) < 4.78 is 27.6. The van der Waals surface area contributed by atoms with Crippen molar-refractivity contribution in [2.45, 2.75) is 4.90 Å². The summed E-state index contributed by atoms with van der Waals surface area (Å²) in [6.07, 6.45) is 0. The minimum Gasteiger partial charge on any atom is -0.321 e. The Kier molecular flexibility index (Phi) is 5.79. The van der Waals surface area contributed by atoms with Gasteiger partial charge in [0.15, 0.2) is 0 Å². The lowest BCUT2D eigenvalue weighted by Gasteiger charge is -2.31. The minimum absolute atomic E-state index is 0.0423. The number of fused-ring (bicyclic) bond motifs is 1. The number of amides is 1. The van der Waals surface area contributed by atoms with Gasteiger partial charge in [-0.2, -0.15) is 4.31 Å². The molecule has 6 nitrogen and oxygen atoms in total. The zero-order valence-electron chi connectivity index (χ0n) is 16.5. The van der Waals surface area contributed by atoms with E-state index in [1.54, 1.807) is 0 Å². The Labute approximate surface area is 181 Å². The summed E-state index contributed by atoms with van der Waals surface area (Å²) >= 11 is 6.22. The molecule has 1 aliphatic rings. The van der Waals surface area contributed by atoms with E-state index in [1.165, 1.54) is 22.5 Å². The molecule has 0 radical (unpaired) electrons. The van der Waals surface area contributed by atoms with Gasteiger partial charge in [0.05, 0.1) is 5.02 Å². The molecular weight excluding hydrogens is 422 g/mol. The summed E-state index contributed by atoms with van der Waals surface area (Å²) in [5.41, 5.74) is 0.900. The van der Waals surface area contributed by atoms with Gasteiger partial charge >= 0.3 is 0 Å². The smallest absolute Gasteiger partial charge is 0.255 e. The molecule has 4 rings (SSSR count). The van der Waals surface area contributed by atoms with E-state index in [2.05, 4.69) is 10.2 Å². The third-order valence-electron chi connectivity index (χ3n) is 5.31. The van der Waals surface area contributed by atoms with Crippen LogP contribution in [0.15, 0.2) is 65.6 Å². The highest BCUT2D eigenvalue weighted by atomic mass is 35.5. The van der Waals surface area contributed by atoms with E-state index in [9.17, 15) is 13.2 Å². The van der Waals surface area contributed by atoms with Crippen molar-refractivity contribution >= 4 is 44.0 Å². The van der Waals surface area contributed by atoms with Crippen molar-refractivity contribution in [3.8, 4) is 0 Å². The van der Waals surface area contributed by atoms with E-state index in [0.29, 0.717) is 31.9 Å². The molecular formula is C22H22ClN3O3S. The van der Waals surface area contributed by atoms with Crippen LogP contribution >= 0.6 is 11.6 Å².